The van der Waals surface area contributed by atoms with Crippen LogP contribution >= 0.6 is 0 Å². The van der Waals surface area contributed by atoms with Crippen LogP contribution < -0.4 is 0 Å². The molecule has 3 rings (SSSR count). The quantitative estimate of drug-likeness (QED) is 0.838. The molecular weight excluding hydrogens is 288 g/mol. The van der Waals surface area contributed by atoms with Gasteiger partial charge in [0.25, 0.3) is 0 Å². The van der Waals surface area contributed by atoms with E-state index < -0.39 is 43.1 Å². The molecule has 0 aromatic heterocycles. The van der Waals surface area contributed by atoms with E-state index in [0.29, 0.717) is 6.61 Å². The van der Waals surface area contributed by atoms with E-state index in [1.807, 2.05) is 30.3 Å². The Morgan fingerprint density at radius 2 is 1.95 bits per heavy atom. The molecule has 2 aliphatic rings. The molecular formula is C16H22O6. The van der Waals surface area contributed by atoms with Gasteiger partial charge in [0, 0.05) is 0 Å². The Hall–Kier alpha value is -1.02. The molecule has 2 aliphatic heterocycles. The predicted molar refractivity (Wildman–Crippen MR) is 76.8 cm³/mol. The molecule has 122 valence electrons. The van der Waals surface area contributed by atoms with E-state index in [1.54, 1.807) is 13.8 Å². The largest absolute Gasteiger partial charge is 0.394 e. The highest BCUT2D eigenvalue weighted by Crippen LogP contribution is 2.39. The summed E-state index contributed by atoms with van der Waals surface area (Å²) in [6, 6.07) is 9.73. The lowest BCUT2D eigenvalue weighted by Gasteiger charge is -2.28. The molecule has 6 nitrogen and oxygen atoms in total. The monoisotopic (exact) mass is 310 g/mol. The first kappa shape index (κ1) is 15.9. The summed E-state index contributed by atoms with van der Waals surface area (Å²) >= 11 is 0. The van der Waals surface area contributed by atoms with Crippen molar-refractivity contribution < 1.29 is 29.2 Å². The summed E-state index contributed by atoms with van der Waals surface area (Å²) in [7, 11) is 0. The van der Waals surface area contributed by atoms with Crippen LogP contribution in [-0.4, -0.2) is 53.3 Å². The zero-order valence-electron chi connectivity index (χ0n) is 12.7. The van der Waals surface area contributed by atoms with Crippen LogP contribution in [0.5, 0.6) is 0 Å². The molecule has 0 spiro atoms. The molecule has 0 bridgehead atoms. The van der Waals surface area contributed by atoms with Crippen LogP contribution in [-0.2, 0) is 25.6 Å². The second-order valence-corrected chi connectivity index (χ2v) is 6.08. The Labute approximate surface area is 129 Å². The number of hydrogen-bond acceptors (Lipinski definition) is 6. The summed E-state index contributed by atoms with van der Waals surface area (Å²) in [6.07, 6.45) is -3.25. The number of benzene rings is 1. The minimum absolute atomic E-state index is 0.372. The van der Waals surface area contributed by atoms with E-state index >= 15 is 0 Å². The highest BCUT2D eigenvalue weighted by molar-refractivity contribution is 5.13. The molecule has 0 aliphatic carbocycles. The molecule has 0 unspecified atom stereocenters. The number of aliphatic hydroxyl groups is 2. The van der Waals surface area contributed by atoms with Crippen molar-refractivity contribution in [2.75, 3.05) is 6.61 Å². The highest BCUT2D eigenvalue weighted by atomic mass is 16.8. The summed E-state index contributed by atoms with van der Waals surface area (Å²) in [5.74, 6) is -0.751. The van der Waals surface area contributed by atoms with Gasteiger partial charge in [0.05, 0.1) is 13.2 Å². The molecule has 2 fully saturated rings. The number of rotatable bonds is 5. The van der Waals surface area contributed by atoms with Gasteiger partial charge in [-0.15, -0.1) is 0 Å². The van der Waals surface area contributed by atoms with Gasteiger partial charge in [0.1, 0.15) is 24.4 Å². The number of hydrogen-bond donors (Lipinski definition) is 2. The fourth-order valence-corrected chi connectivity index (χ4v) is 2.87. The molecule has 0 amide bonds. The standard InChI is InChI=1S/C16H22O6/c1-16(2)21-14-13(19-9-10-6-4-3-5-7-10)12(11(18)8-17)20-15(14)22-16/h3-7,11-15,17-18H,8-9H2,1-2H3/t11-,12+,13+,14+,15-/m0/s1. The first-order valence-corrected chi connectivity index (χ1v) is 7.46. The van der Waals surface area contributed by atoms with Crippen molar-refractivity contribution in [2.24, 2.45) is 0 Å². The van der Waals surface area contributed by atoms with Gasteiger partial charge in [-0.1, -0.05) is 30.3 Å². The Morgan fingerprint density at radius 1 is 1.23 bits per heavy atom. The molecule has 1 aromatic rings. The molecule has 0 saturated carbocycles. The third-order valence-electron chi connectivity index (χ3n) is 3.88. The third-order valence-corrected chi connectivity index (χ3v) is 3.88. The van der Waals surface area contributed by atoms with Crippen molar-refractivity contribution in [1.82, 2.24) is 0 Å². The molecule has 2 heterocycles. The van der Waals surface area contributed by atoms with Crippen LogP contribution in [0.4, 0.5) is 0 Å². The third kappa shape index (κ3) is 3.17. The Balaban J connectivity index is 1.71. The van der Waals surface area contributed by atoms with Gasteiger partial charge in [-0.05, 0) is 19.4 Å². The molecule has 2 N–H and O–H groups in total. The summed E-state index contributed by atoms with van der Waals surface area (Å²) in [6.45, 7) is 3.58. The summed E-state index contributed by atoms with van der Waals surface area (Å²) in [4.78, 5) is 0. The Morgan fingerprint density at radius 3 is 2.64 bits per heavy atom. The molecule has 1 aromatic carbocycles. The SMILES string of the molecule is CC1(C)O[C@@H]2O[C@H]([C@@H](O)CO)[C@@H](OCc3ccccc3)[C@H]2O1. The molecule has 5 atom stereocenters. The maximum Gasteiger partial charge on any atom is 0.190 e. The maximum absolute atomic E-state index is 9.94. The van der Waals surface area contributed by atoms with Gasteiger partial charge in [0.2, 0.25) is 0 Å². The topological polar surface area (TPSA) is 77.4 Å². The second-order valence-electron chi connectivity index (χ2n) is 6.08. The van der Waals surface area contributed by atoms with E-state index in [-0.39, 0.29) is 0 Å². The average Bonchev–Trinajstić information content (AvgIpc) is 2.97. The summed E-state index contributed by atoms with van der Waals surface area (Å²) < 4.78 is 23.1. The zero-order chi connectivity index (χ0) is 15.7. The average molecular weight is 310 g/mol. The first-order chi connectivity index (χ1) is 10.5. The van der Waals surface area contributed by atoms with Crippen LogP contribution in [0.2, 0.25) is 0 Å². The van der Waals surface area contributed by atoms with Gasteiger partial charge >= 0.3 is 0 Å². The zero-order valence-corrected chi connectivity index (χ0v) is 12.7. The van der Waals surface area contributed by atoms with Crippen LogP contribution in [0.1, 0.15) is 19.4 Å². The molecule has 2 saturated heterocycles. The van der Waals surface area contributed by atoms with Crippen molar-refractivity contribution in [3.8, 4) is 0 Å². The lowest BCUT2D eigenvalue weighted by molar-refractivity contribution is -0.232. The van der Waals surface area contributed by atoms with E-state index in [4.69, 9.17) is 18.9 Å². The lowest BCUT2D eigenvalue weighted by Crippen LogP contribution is -2.44. The maximum atomic E-state index is 9.94. The van der Waals surface area contributed by atoms with Gasteiger partial charge in [-0.3, -0.25) is 0 Å². The number of aliphatic hydroxyl groups excluding tert-OH is 2. The van der Waals surface area contributed by atoms with Crippen LogP contribution in [0.15, 0.2) is 30.3 Å². The van der Waals surface area contributed by atoms with Gasteiger partial charge in [-0.2, -0.15) is 0 Å². The Kier molecular flexibility index (Phi) is 4.49. The minimum Gasteiger partial charge on any atom is -0.394 e. The van der Waals surface area contributed by atoms with Gasteiger partial charge in [-0.25, -0.2) is 0 Å². The fourth-order valence-electron chi connectivity index (χ4n) is 2.87. The van der Waals surface area contributed by atoms with E-state index in [1.165, 1.54) is 0 Å². The van der Waals surface area contributed by atoms with Crippen molar-refractivity contribution in [2.45, 2.75) is 56.9 Å². The molecule has 6 heteroatoms. The van der Waals surface area contributed by atoms with E-state index in [0.717, 1.165) is 5.56 Å². The number of fused-ring (bicyclic) bond motifs is 1. The van der Waals surface area contributed by atoms with Gasteiger partial charge < -0.3 is 29.2 Å². The molecule has 22 heavy (non-hydrogen) atoms. The smallest absolute Gasteiger partial charge is 0.190 e. The van der Waals surface area contributed by atoms with Crippen molar-refractivity contribution in [1.29, 1.82) is 0 Å². The summed E-state index contributed by atoms with van der Waals surface area (Å²) in [5.41, 5.74) is 1.02. The lowest BCUT2D eigenvalue weighted by atomic mass is 10.1. The van der Waals surface area contributed by atoms with Crippen LogP contribution in [0, 0.1) is 0 Å². The van der Waals surface area contributed by atoms with Crippen molar-refractivity contribution in [3.63, 3.8) is 0 Å². The van der Waals surface area contributed by atoms with Gasteiger partial charge in [0.15, 0.2) is 12.1 Å². The Bertz CT molecular complexity index is 491. The van der Waals surface area contributed by atoms with E-state index in [2.05, 4.69) is 0 Å². The van der Waals surface area contributed by atoms with E-state index in [9.17, 15) is 10.2 Å². The van der Waals surface area contributed by atoms with Crippen LogP contribution in [0.25, 0.3) is 0 Å². The van der Waals surface area contributed by atoms with Crippen LogP contribution in [0.3, 0.4) is 0 Å². The normalized spacial score (nSPS) is 34.5. The minimum atomic E-state index is -1.04. The van der Waals surface area contributed by atoms with Crippen molar-refractivity contribution >= 4 is 0 Å². The van der Waals surface area contributed by atoms with Crippen molar-refractivity contribution in [3.05, 3.63) is 35.9 Å². The highest BCUT2D eigenvalue weighted by Gasteiger charge is 2.56. The predicted octanol–water partition coefficient (Wildman–Crippen LogP) is 0.801. The first-order valence-electron chi connectivity index (χ1n) is 7.46. The molecule has 0 radical (unpaired) electrons. The second kappa shape index (κ2) is 6.23. The summed E-state index contributed by atoms with van der Waals surface area (Å²) in [5, 5.41) is 19.1. The number of ether oxygens (including phenoxy) is 4. The fraction of sp³-hybridized carbons (Fsp3) is 0.625.